The SMILES string of the molecule is CCOc1cc(CNCCCOC)cc(Br)c1OCc1c(Cl)cccc1Cl. The molecule has 27 heavy (non-hydrogen) atoms. The Bertz CT molecular complexity index is 723. The maximum Gasteiger partial charge on any atom is 0.175 e. The second-order valence-electron chi connectivity index (χ2n) is 5.85. The Morgan fingerprint density at radius 3 is 2.52 bits per heavy atom. The highest BCUT2D eigenvalue weighted by Crippen LogP contribution is 2.38. The lowest BCUT2D eigenvalue weighted by Crippen LogP contribution is -2.16. The van der Waals surface area contributed by atoms with Gasteiger partial charge in [-0.3, -0.25) is 0 Å². The number of nitrogens with one attached hydrogen (secondary N) is 1. The van der Waals surface area contributed by atoms with Crippen LogP contribution >= 0.6 is 39.1 Å². The van der Waals surface area contributed by atoms with Crippen molar-refractivity contribution in [3.8, 4) is 11.5 Å². The van der Waals surface area contributed by atoms with Gasteiger partial charge in [-0.15, -0.1) is 0 Å². The molecule has 7 heteroatoms. The molecule has 0 saturated heterocycles. The minimum atomic E-state index is 0.256. The molecule has 0 amide bonds. The zero-order valence-electron chi connectivity index (χ0n) is 15.5. The summed E-state index contributed by atoms with van der Waals surface area (Å²) >= 11 is 16.1. The van der Waals surface area contributed by atoms with E-state index in [1.165, 1.54) is 0 Å². The second kappa shape index (κ2) is 11.8. The molecule has 1 N–H and O–H groups in total. The molecule has 0 bridgehead atoms. The van der Waals surface area contributed by atoms with Gasteiger partial charge in [-0.2, -0.15) is 0 Å². The molecular formula is C20H24BrCl2NO3. The topological polar surface area (TPSA) is 39.7 Å². The number of rotatable bonds is 11. The van der Waals surface area contributed by atoms with E-state index in [0.717, 1.165) is 41.7 Å². The number of benzene rings is 2. The lowest BCUT2D eigenvalue weighted by atomic mass is 10.2. The monoisotopic (exact) mass is 475 g/mol. The fourth-order valence-electron chi connectivity index (χ4n) is 2.52. The first-order valence-electron chi connectivity index (χ1n) is 8.77. The molecule has 2 rings (SSSR count). The molecule has 0 atom stereocenters. The van der Waals surface area contributed by atoms with Gasteiger partial charge in [-0.1, -0.05) is 29.3 Å². The molecule has 0 aliphatic heterocycles. The summed E-state index contributed by atoms with van der Waals surface area (Å²) in [6.45, 7) is 5.11. The molecule has 0 fully saturated rings. The molecule has 0 spiro atoms. The van der Waals surface area contributed by atoms with Gasteiger partial charge in [0.2, 0.25) is 0 Å². The Morgan fingerprint density at radius 2 is 1.85 bits per heavy atom. The van der Waals surface area contributed by atoms with Crippen molar-refractivity contribution in [1.29, 1.82) is 0 Å². The molecular weight excluding hydrogens is 453 g/mol. The van der Waals surface area contributed by atoms with Gasteiger partial charge in [0.15, 0.2) is 11.5 Å². The van der Waals surface area contributed by atoms with E-state index in [9.17, 15) is 0 Å². The van der Waals surface area contributed by atoms with Crippen LogP contribution in [0.4, 0.5) is 0 Å². The summed E-state index contributed by atoms with van der Waals surface area (Å²) in [5, 5.41) is 4.55. The maximum absolute atomic E-state index is 6.23. The van der Waals surface area contributed by atoms with Gasteiger partial charge in [-0.25, -0.2) is 0 Å². The summed E-state index contributed by atoms with van der Waals surface area (Å²) in [6, 6.07) is 9.41. The Kier molecular flexibility index (Phi) is 9.73. The molecule has 0 heterocycles. The van der Waals surface area contributed by atoms with Crippen molar-refractivity contribution in [1.82, 2.24) is 5.32 Å². The second-order valence-corrected chi connectivity index (χ2v) is 7.52. The van der Waals surface area contributed by atoms with Gasteiger partial charge in [0.05, 0.1) is 11.1 Å². The van der Waals surface area contributed by atoms with Crippen LogP contribution in [0.25, 0.3) is 0 Å². The predicted molar refractivity (Wildman–Crippen MR) is 114 cm³/mol. The third-order valence-electron chi connectivity index (χ3n) is 3.82. The van der Waals surface area contributed by atoms with Crippen LogP contribution in [0.1, 0.15) is 24.5 Å². The van der Waals surface area contributed by atoms with Crippen molar-refractivity contribution in [2.75, 3.05) is 26.9 Å². The molecule has 2 aromatic carbocycles. The summed E-state index contributed by atoms with van der Waals surface area (Å²) in [5.41, 5.74) is 1.85. The van der Waals surface area contributed by atoms with E-state index in [4.69, 9.17) is 37.4 Å². The van der Waals surface area contributed by atoms with Crippen molar-refractivity contribution in [3.63, 3.8) is 0 Å². The van der Waals surface area contributed by atoms with E-state index in [-0.39, 0.29) is 6.61 Å². The van der Waals surface area contributed by atoms with Gasteiger partial charge >= 0.3 is 0 Å². The minimum Gasteiger partial charge on any atom is -0.490 e. The third-order valence-corrected chi connectivity index (χ3v) is 5.12. The number of hydrogen-bond donors (Lipinski definition) is 1. The van der Waals surface area contributed by atoms with Crippen LogP contribution in [0.3, 0.4) is 0 Å². The van der Waals surface area contributed by atoms with Crippen LogP contribution in [0.2, 0.25) is 10.0 Å². The molecule has 0 aromatic heterocycles. The minimum absolute atomic E-state index is 0.256. The molecule has 148 valence electrons. The first-order chi connectivity index (χ1) is 13.1. The zero-order chi connectivity index (χ0) is 19.6. The number of hydrogen-bond acceptors (Lipinski definition) is 4. The van der Waals surface area contributed by atoms with Crippen LogP contribution in [0.5, 0.6) is 11.5 Å². The Hall–Kier alpha value is -0.980. The molecule has 0 unspecified atom stereocenters. The highest BCUT2D eigenvalue weighted by atomic mass is 79.9. The van der Waals surface area contributed by atoms with E-state index in [0.29, 0.717) is 28.2 Å². The largest absolute Gasteiger partial charge is 0.490 e. The van der Waals surface area contributed by atoms with Crippen LogP contribution in [-0.2, 0) is 17.9 Å². The average Bonchev–Trinajstić information content (AvgIpc) is 2.63. The van der Waals surface area contributed by atoms with Crippen molar-refractivity contribution < 1.29 is 14.2 Å². The van der Waals surface area contributed by atoms with Crippen LogP contribution in [0.15, 0.2) is 34.8 Å². The van der Waals surface area contributed by atoms with Crippen molar-refractivity contribution in [2.45, 2.75) is 26.5 Å². The fourth-order valence-corrected chi connectivity index (χ4v) is 3.63. The summed E-state index contributed by atoms with van der Waals surface area (Å²) < 4.78 is 17.7. The van der Waals surface area contributed by atoms with Gasteiger partial charge in [0.1, 0.15) is 6.61 Å². The van der Waals surface area contributed by atoms with E-state index in [2.05, 4.69) is 21.2 Å². The first-order valence-corrected chi connectivity index (χ1v) is 10.3. The first kappa shape index (κ1) is 22.3. The molecule has 4 nitrogen and oxygen atoms in total. The lowest BCUT2D eigenvalue weighted by Gasteiger charge is -2.16. The summed E-state index contributed by atoms with van der Waals surface area (Å²) in [4.78, 5) is 0. The smallest absolute Gasteiger partial charge is 0.175 e. The van der Waals surface area contributed by atoms with Gasteiger partial charge in [0.25, 0.3) is 0 Å². The molecule has 0 aliphatic rings. The summed E-state index contributed by atoms with van der Waals surface area (Å²) in [7, 11) is 1.71. The predicted octanol–water partition coefficient (Wildman–Crippen LogP) is 5.86. The Morgan fingerprint density at radius 1 is 1.11 bits per heavy atom. The molecule has 0 saturated carbocycles. The zero-order valence-corrected chi connectivity index (χ0v) is 18.6. The standard InChI is InChI=1S/C20H24BrCl2NO3/c1-3-26-19-11-14(12-24-8-5-9-25-2)10-16(21)20(19)27-13-15-17(22)6-4-7-18(15)23/h4,6-7,10-11,24H,3,5,8-9,12-13H2,1-2H3. The third kappa shape index (κ3) is 6.84. The Labute approximate surface area is 179 Å². The summed E-state index contributed by atoms with van der Waals surface area (Å²) in [6.07, 6.45) is 0.968. The van der Waals surface area contributed by atoms with E-state index in [1.54, 1.807) is 19.2 Å². The molecule has 0 aliphatic carbocycles. The van der Waals surface area contributed by atoms with Gasteiger partial charge in [0, 0.05) is 35.9 Å². The number of methoxy groups -OCH3 is 1. The number of ether oxygens (including phenoxy) is 3. The van der Waals surface area contributed by atoms with Crippen LogP contribution in [-0.4, -0.2) is 26.9 Å². The van der Waals surface area contributed by atoms with Crippen molar-refractivity contribution in [2.24, 2.45) is 0 Å². The van der Waals surface area contributed by atoms with E-state index < -0.39 is 0 Å². The van der Waals surface area contributed by atoms with E-state index in [1.807, 2.05) is 25.1 Å². The molecule has 0 radical (unpaired) electrons. The quantitative estimate of drug-likeness (QED) is 0.412. The maximum atomic E-state index is 6.23. The highest BCUT2D eigenvalue weighted by molar-refractivity contribution is 9.10. The van der Waals surface area contributed by atoms with Crippen LogP contribution < -0.4 is 14.8 Å². The van der Waals surface area contributed by atoms with Crippen molar-refractivity contribution >= 4 is 39.1 Å². The van der Waals surface area contributed by atoms with Gasteiger partial charge in [-0.05, 0) is 65.6 Å². The van der Waals surface area contributed by atoms with Gasteiger partial charge < -0.3 is 19.5 Å². The Balaban J connectivity index is 2.10. The number of halogens is 3. The molecule has 2 aromatic rings. The fraction of sp³-hybridized carbons (Fsp3) is 0.400. The van der Waals surface area contributed by atoms with E-state index >= 15 is 0 Å². The summed E-state index contributed by atoms with van der Waals surface area (Å²) in [5.74, 6) is 1.32. The lowest BCUT2D eigenvalue weighted by molar-refractivity contribution is 0.194. The van der Waals surface area contributed by atoms with Crippen LogP contribution in [0, 0.1) is 0 Å². The normalized spacial score (nSPS) is 10.9. The average molecular weight is 477 g/mol. The van der Waals surface area contributed by atoms with Crippen molar-refractivity contribution in [3.05, 3.63) is 56.0 Å². The highest BCUT2D eigenvalue weighted by Gasteiger charge is 2.14.